The lowest BCUT2D eigenvalue weighted by molar-refractivity contribution is 0.0690. The Morgan fingerprint density at radius 3 is 2.65 bits per heavy atom. The third-order valence-corrected chi connectivity index (χ3v) is 5.45. The summed E-state index contributed by atoms with van der Waals surface area (Å²) in [7, 11) is 3.06. The maximum atomic E-state index is 13.3. The van der Waals surface area contributed by atoms with Crippen LogP contribution < -0.4 is 20.3 Å². The van der Waals surface area contributed by atoms with Gasteiger partial charge in [-0.3, -0.25) is 4.79 Å². The molecular formula is C23H22N2O6. The van der Waals surface area contributed by atoms with Gasteiger partial charge in [0.25, 0.3) is 5.56 Å². The fourth-order valence-electron chi connectivity index (χ4n) is 3.97. The van der Waals surface area contributed by atoms with Crippen LogP contribution in [0.25, 0.3) is 11.3 Å². The van der Waals surface area contributed by atoms with Gasteiger partial charge in [0.2, 0.25) is 0 Å². The van der Waals surface area contributed by atoms with Crippen LogP contribution in [0.5, 0.6) is 17.2 Å². The van der Waals surface area contributed by atoms with Crippen molar-refractivity contribution in [1.82, 2.24) is 4.57 Å². The molecule has 0 unspecified atom stereocenters. The zero-order valence-corrected chi connectivity index (χ0v) is 17.1. The smallest absolute Gasteiger partial charge is 0.345 e. The van der Waals surface area contributed by atoms with Crippen LogP contribution in [0.1, 0.15) is 21.5 Å². The molecule has 160 valence electrons. The van der Waals surface area contributed by atoms with Crippen molar-refractivity contribution in [2.75, 3.05) is 26.1 Å². The van der Waals surface area contributed by atoms with E-state index < -0.39 is 22.8 Å². The van der Waals surface area contributed by atoms with Gasteiger partial charge in [0.15, 0.2) is 5.56 Å². The molecule has 0 atom stereocenters. The minimum atomic E-state index is -1.47. The second kappa shape index (κ2) is 8.06. The van der Waals surface area contributed by atoms with Crippen LogP contribution in [-0.4, -0.2) is 41.5 Å². The summed E-state index contributed by atoms with van der Waals surface area (Å²) in [5, 5.41) is 23.7. The zero-order valence-electron chi connectivity index (χ0n) is 17.1. The van der Waals surface area contributed by atoms with Gasteiger partial charge in [-0.05, 0) is 24.6 Å². The molecule has 3 N–H and O–H groups in total. The van der Waals surface area contributed by atoms with Crippen molar-refractivity contribution < 1.29 is 24.5 Å². The Hall–Kier alpha value is -3.94. The summed E-state index contributed by atoms with van der Waals surface area (Å²) < 4.78 is 12.1. The fraction of sp³-hybridized carbons (Fsp3) is 0.217. The third kappa shape index (κ3) is 3.46. The molecule has 0 bridgehead atoms. The number of aromatic nitrogens is 1. The zero-order chi connectivity index (χ0) is 22.1. The molecule has 0 radical (unpaired) electrons. The number of carboxylic acids is 1. The van der Waals surface area contributed by atoms with Gasteiger partial charge in [-0.2, -0.15) is 0 Å². The van der Waals surface area contributed by atoms with Crippen molar-refractivity contribution in [2.24, 2.45) is 0 Å². The fourth-order valence-corrected chi connectivity index (χ4v) is 3.97. The molecule has 8 nitrogen and oxygen atoms in total. The van der Waals surface area contributed by atoms with E-state index in [1.54, 1.807) is 25.3 Å². The Kier molecular flexibility index (Phi) is 5.29. The number of aromatic carboxylic acids is 1. The first-order chi connectivity index (χ1) is 15.0. The van der Waals surface area contributed by atoms with Crippen LogP contribution in [0.2, 0.25) is 0 Å². The number of methoxy groups -OCH3 is 2. The largest absolute Gasteiger partial charge is 0.506 e. The number of fused-ring (bicyclic) bond motifs is 3. The topological polar surface area (TPSA) is 110 Å². The molecule has 0 spiro atoms. The van der Waals surface area contributed by atoms with E-state index in [0.29, 0.717) is 46.8 Å². The number of hydrogen-bond donors (Lipinski definition) is 3. The number of carbonyl (C=O) groups is 1. The molecule has 4 rings (SSSR count). The maximum Gasteiger partial charge on any atom is 0.345 e. The number of hydrogen-bond acceptors (Lipinski definition) is 6. The number of rotatable bonds is 5. The number of nitrogens with zero attached hydrogens (tertiary/aromatic N) is 1. The molecule has 3 aromatic rings. The third-order valence-electron chi connectivity index (χ3n) is 5.45. The quantitative estimate of drug-likeness (QED) is 0.580. The number of para-hydroxylation sites is 1. The van der Waals surface area contributed by atoms with E-state index in [0.717, 1.165) is 5.69 Å². The maximum absolute atomic E-state index is 13.3. The summed E-state index contributed by atoms with van der Waals surface area (Å²) in [4.78, 5) is 25.1. The van der Waals surface area contributed by atoms with Crippen LogP contribution >= 0.6 is 0 Å². The number of aromatic hydroxyl groups is 1. The van der Waals surface area contributed by atoms with Crippen LogP contribution in [0.3, 0.4) is 0 Å². The molecule has 1 aromatic heterocycles. The van der Waals surface area contributed by atoms with E-state index in [1.165, 1.54) is 11.7 Å². The Bertz CT molecular complexity index is 1230. The van der Waals surface area contributed by atoms with E-state index in [-0.39, 0.29) is 6.54 Å². The summed E-state index contributed by atoms with van der Waals surface area (Å²) in [5.74, 6) is -0.849. The first kappa shape index (κ1) is 20.3. The lowest BCUT2D eigenvalue weighted by atomic mass is 9.99. The average molecular weight is 422 g/mol. The molecule has 1 aliphatic rings. The Morgan fingerprint density at radius 2 is 1.94 bits per heavy atom. The van der Waals surface area contributed by atoms with Crippen molar-refractivity contribution in [2.45, 2.75) is 13.0 Å². The Labute approximate surface area is 178 Å². The van der Waals surface area contributed by atoms with Crippen LogP contribution in [0.4, 0.5) is 5.69 Å². The van der Waals surface area contributed by atoms with Crippen LogP contribution in [0.15, 0.2) is 47.3 Å². The number of ether oxygens (including phenoxy) is 2. The monoisotopic (exact) mass is 422 g/mol. The highest BCUT2D eigenvalue weighted by molar-refractivity contribution is 5.93. The lowest BCUT2D eigenvalue weighted by Crippen LogP contribution is -2.30. The number of anilines is 1. The van der Waals surface area contributed by atoms with Crippen LogP contribution in [-0.2, 0) is 13.0 Å². The van der Waals surface area contributed by atoms with Crippen molar-refractivity contribution in [3.8, 4) is 28.5 Å². The summed E-state index contributed by atoms with van der Waals surface area (Å²) in [6.07, 6.45) is 0.357. The van der Waals surface area contributed by atoms with Gasteiger partial charge in [-0.25, -0.2) is 4.79 Å². The summed E-state index contributed by atoms with van der Waals surface area (Å²) in [6.45, 7) is 0.546. The molecule has 31 heavy (non-hydrogen) atoms. The van der Waals surface area contributed by atoms with E-state index in [9.17, 15) is 19.8 Å². The highest BCUT2D eigenvalue weighted by Gasteiger charge is 2.29. The highest BCUT2D eigenvalue weighted by Crippen LogP contribution is 2.38. The molecule has 2 aromatic carbocycles. The standard InChI is InChI=1S/C23H22N2O6/c1-30-14-8-7-13(18(11-14)31-2)12-25-20-15-5-3-4-6-17(15)24-10-9-16(20)21(26)19(22(25)27)23(28)29/h3-8,11,24,26H,9-10,12H2,1-2H3,(H,28,29). The lowest BCUT2D eigenvalue weighted by Gasteiger charge is -2.20. The van der Waals surface area contributed by atoms with Crippen molar-refractivity contribution >= 4 is 11.7 Å². The molecule has 2 heterocycles. The predicted octanol–water partition coefficient (Wildman–Crippen LogP) is 2.95. The minimum absolute atomic E-state index is 0.0588. The molecule has 8 heteroatoms. The van der Waals surface area contributed by atoms with Gasteiger partial charge in [0, 0.05) is 35.0 Å². The number of nitrogens with one attached hydrogen (secondary N) is 1. The van der Waals surface area contributed by atoms with Gasteiger partial charge in [0.05, 0.1) is 26.5 Å². The average Bonchev–Trinajstić information content (AvgIpc) is 2.96. The number of pyridine rings is 1. The minimum Gasteiger partial charge on any atom is -0.506 e. The first-order valence-corrected chi connectivity index (χ1v) is 9.72. The van der Waals surface area contributed by atoms with E-state index in [2.05, 4.69) is 5.32 Å². The van der Waals surface area contributed by atoms with Gasteiger partial charge in [0.1, 0.15) is 17.2 Å². The van der Waals surface area contributed by atoms with E-state index in [4.69, 9.17) is 9.47 Å². The first-order valence-electron chi connectivity index (χ1n) is 9.72. The van der Waals surface area contributed by atoms with Crippen molar-refractivity contribution in [3.05, 3.63) is 69.5 Å². The molecule has 0 saturated carbocycles. The summed E-state index contributed by atoms with van der Waals surface area (Å²) >= 11 is 0. The molecule has 1 aliphatic heterocycles. The van der Waals surface area contributed by atoms with Gasteiger partial charge in [-0.1, -0.05) is 18.2 Å². The van der Waals surface area contributed by atoms with Crippen molar-refractivity contribution in [1.29, 1.82) is 0 Å². The molecule has 0 aliphatic carbocycles. The Morgan fingerprint density at radius 1 is 1.16 bits per heavy atom. The van der Waals surface area contributed by atoms with Gasteiger partial charge in [-0.15, -0.1) is 0 Å². The summed E-state index contributed by atoms with van der Waals surface area (Å²) in [6, 6.07) is 12.6. The Balaban J connectivity index is 2.02. The predicted molar refractivity (Wildman–Crippen MR) is 116 cm³/mol. The normalized spacial score (nSPS) is 12.2. The van der Waals surface area contributed by atoms with Crippen molar-refractivity contribution in [3.63, 3.8) is 0 Å². The summed E-state index contributed by atoms with van der Waals surface area (Å²) in [5.41, 5.74) is 1.69. The second-order valence-corrected chi connectivity index (χ2v) is 7.15. The molecular weight excluding hydrogens is 400 g/mol. The van der Waals surface area contributed by atoms with Gasteiger partial charge < -0.3 is 29.6 Å². The number of benzene rings is 2. The SMILES string of the molecule is COc1ccc(Cn2c3c(c(O)c(C(=O)O)c2=O)CCNc2ccccc2-3)c(OC)c1. The van der Waals surface area contributed by atoms with E-state index >= 15 is 0 Å². The van der Waals surface area contributed by atoms with Crippen LogP contribution in [0, 0.1) is 0 Å². The molecule has 0 saturated heterocycles. The second-order valence-electron chi connectivity index (χ2n) is 7.15. The molecule has 0 amide bonds. The number of carboxylic acid groups (broad SMARTS) is 1. The molecule has 0 fully saturated rings. The van der Waals surface area contributed by atoms with Gasteiger partial charge >= 0.3 is 5.97 Å². The highest BCUT2D eigenvalue weighted by atomic mass is 16.5. The van der Waals surface area contributed by atoms with E-state index in [1.807, 2.05) is 24.3 Å².